The Balaban J connectivity index is 0.00000420. The molecule has 1 aliphatic rings. The third-order valence-electron chi connectivity index (χ3n) is 5.26. The summed E-state index contributed by atoms with van der Waals surface area (Å²) < 4.78 is 18.2. The zero-order valence-electron chi connectivity index (χ0n) is 18.6. The average Bonchev–Trinajstić information content (AvgIpc) is 2.98. The Hall–Kier alpha value is -0.910. The molecule has 9 heteroatoms. The zero-order valence-corrected chi connectivity index (χ0v) is 20.9. The van der Waals surface area contributed by atoms with Crippen molar-refractivity contribution in [3.05, 3.63) is 17.0 Å². The van der Waals surface area contributed by atoms with Gasteiger partial charge in [-0.2, -0.15) is 5.10 Å². The number of nitrogens with zero attached hydrogens (tertiary/aromatic N) is 4. The molecule has 8 nitrogen and oxygen atoms in total. The first-order valence-electron chi connectivity index (χ1n) is 10.2. The van der Waals surface area contributed by atoms with Gasteiger partial charge in [0.2, 0.25) is 0 Å². The molecule has 1 aromatic rings. The minimum Gasteiger partial charge on any atom is -0.385 e. The molecule has 1 saturated heterocycles. The number of likely N-dealkylation sites (tertiary alicyclic amines) is 1. The Kier molecular flexibility index (Phi) is 12.8. The van der Waals surface area contributed by atoms with E-state index in [0.29, 0.717) is 12.7 Å². The maximum atomic E-state index is 5.95. The second-order valence-electron chi connectivity index (χ2n) is 7.17. The Bertz CT molecular complexity index is 616. The van der Waals surface area contributed by atoms with Crippen LogP contribution in [0, 0.1) is 13.8 Å². The molecular weight excluding hydrogens is 485 g/mol. The Morgan fingerprint density at radius 2 is 1.83 bits per heavy atom. The van der Waals surface area contributed by atoms with Gasteiger partial charge in [-0.1, -0.05) is 0 Å². The van der Waals surface area contributed by atoms with Crippen molar-refractivity contribution in [1.82, 2.24) is 20.0 Å². The van der Waals surface area contributed by atoms with Crippen LogP contribution in [0.4, 0.5) is 0 Å². The van der Waals surface area contributed by atoms with Gasteiger partial charge in [0, 0.05) is 65.4 Å². The fourth-order valence-electron chi connectivity index (χ4n) is 3.57. The molecule has 1 N–H and O–H groups in total. The molecule has 168 valence electrons. The van der Waals surface area contributed by atoms with Gasteiger partial charge in [0.05, 0.1) is 24.9 Å². The summed E-state index contributed by atoms with van der Waals surface area (Å²) >= 11 is 0. The lowest BCUT2D eigenvalue weighted by molar-refractivity contribution is 0.00989. The predicted molar refractivity (Wildman–Crippen MR) is 126 cm³/mol. The molecule has 1 aromatic heterocycles. The summed E-state index contributed by atoms with van der Waals surface area (Å²) in [6, 6.07) is 0. The van der Waals surface area contributed by atoms with E-state index in [2.05, 4.69) is 34.2 Å². The maximum absolute atomic E-state index is 5.95. The Morgan fingerprint density at radius 1 is 1.14 bits per heavy atom. The number of nitrogens with one attached hydrogen (secondary N) is 1. The van der Waals surface area contributed by atoms with Crippen LogP contribution in [0.25, 0.3) is 0 Å². The molecule has 0 aromatic carbocycles. The lowest BCUT2D eigenvalue weighted by Gasteiger charge is -2.34. The van der Waals surface area contributed by atoms with Crippen molar-refractivity contribution in [1.29, 1.82) is 0 Å². The molecular formula is C20H38IN5O3. The molecule has 29 heavy (non-hydrogen) atoms. The monoisotopic (exact) mass is 523 g/mol. The topological polar surface area (TPSA) is 73.1 Å². The Labute approximate surface area is 192 Å². The molecule has 0 amide bonds. The minimum absolute atomic E-state index is 0. The Morgan fingerprint density at radius 3 is 2.45 bits per heavy atom. The van der Waals surface area contributed by atoms with Gasteiger partial charge in [-0.25, -0.2) is 0 Å². The summed E-state index contributed by atoms with van der Waals surface area (Å²) in [6.45, 7) is 9.79. The van der Waals surface area contributed by atoms with Crippen molar-refractivity contribution in [3.63, 3.8) is 0 Å². The standard InChI is InChI=1S/C20H37N5O3.HI/c1-16-19(17(2)25(23-16)11-14-27-5)15-22-20(21-3)24-9-7-18(8-10-24)28-13-6-12-26-4;/h18H,6-15H2,1-5H3,(H,21,22);1H. The van der Waals surface area contributed by atoms with E-state index in [1.807, 2.05) is 11.7 Å². The molecule has 0 saturated carbocycles. The zero-order chi connectivity index (χ0) is 20.4. The van der Waals surface area contributed by atoms with Crippen LogP contribution >= 0.6 is 24.0 Å². The van der Waals surface area contributed by atoms with Gasteiger partial charge in [-0.05, 0) is 33.1 Å². The number of hydrogen-bond donors (Lipinski definition) is 1. The van der Waals surface area contributed by atoms with Crippen LogP contribution in [0.2, 0.25) is 0 Å². The second kappa shape index (κ2) is 14.2. The van der Waals surface area contributed by atoms with E-state index < -0.39 is 0 Å². The number of guanidine groups is 1. The number of piperidine rings is 1. The van der Waals surface area contributed by atoms with Gasteiger partial charge >= 0.3 is 0 Å². The van der Waals surface area contributed by atoms with Gasteiger partial charge in [-0.3, -0.25) is 9.67 Å². The van der Waals surface area contributed by atoms with Gasteiger partial charge in [0.1, 0.15) is 0 Å². The molecule has 0 radical (unpaired) electrons. The molecule has 0 spiro atoms. The fourth-order valence-corrected chi connectivity index (χ4v) is 3.57. The fraction of sp³-hybridized carbons (Fsp3) is 0.800. The molecule has 1 fully saturated rings. The summed E-state index contributed by atoms with van der Waals surface area (Å²) in [5, 5.41) is 8.15. The third kappa shape index (κ3) is 8.03. The first kappa shape index (κ1) is 26.1. The van der Waals surface area contributed by atoms with Crippen LogP contribution in [-0.2, 0) is 27.3 Å². The molecule has 0 bridgehead atoms. The van der Waals surface area contributed by atoms with Crippen molar-refractivity contribution >= 4 is 29.9 Å². The van der Waals surface area contributed by atoms with Crippen molar-refractivity contribution in [2.24, 2.45) is 4.99 Å². The molecule has 0 unspecified atom stereocenters. The number of methoxy groups -OCH3 is 2. The van der Waals surface area contributed by atoms with E-state index in [0.717, 1.165) is 70.3 Å². The lowest BCUT2D eigenvalue weighted by atomic mass is 10.1. The van der Waals surface area contributed by atoms with Crippen LogP contribution in [0.3, 0.4) is 0 Å². The summed E-state index contributed by atoms with van der Waals surface area (Å²) in [7, 11) is 5.29. The quantitative estimate of drug-likeness (QED) is 0.220. The average molecular weight is 523 g/mol. The normalized spacial score (nSPS) is 15.5. The summed E-state index contributed by atoms with van der Waals surface area (Å²) in [5.41, 5.74) is 3.47. The van der Waals surface area contributed by atoms with Crippen LogP contribution in [0.5, 0.6) is 0 Å². The van der Waals surface area contributed by atoms with Crippen LogP contribution in [0.15, 0.2) is 4.99 Å². The van der Waals surface area contributed by atoms with Crippen LogP contribution in [-0.4, -0.2) is 80.9 Å². The number of aryl methyl sites for hydroxylation is 1. The largest absolute Gasteiger partial charge is 0.385 e. The molecule has 2 heterocycles. The summed E-state index contributed by atoms with van der Waals surface area (Å²) in [6.07, 6.45) is 3.35. The maximum Gasteiger partial charge on any atom is 0.193 e. The molecule has 0 aliphatic carbocycles. The number of hydrogen-bond acceptors (Lipinski definition) is 5. The van der Waals surface area contributed by atoms with Crippen LogP contribution in [0.1, 0.15) is 36.2 Å². The van der Waals surface area contributed by atoms with E-state index in [1.165, 1.54) is 11.3 Å². The number of ether oxygens (including phenoxy) is 3. The minimum atomic E-state index is 0. The number of aliphatic imine (C=N–C) groups is 1. The molecule has 1 aliphatic heterocycles. The highest BCUT2D eigenvalue weighted by Crippen LogP contribution is 2.16. The highest BCUT2D eigenvalue weighted by molar-refractivity contribution is 14.0. The van der Waals surface area contributed by atoms with E-state index in [4.69, 9.17) is 14.2 Å². The van der Waals surface area contributed by atoms with Crippen LogP contribution < -0.4 is 5.32 Å². The molecule has 0 atom stereocenters. The van der Waals surface area contributed by atoms with Crippen molar-refractivity contribution < 1.29 is 14.2 Å². The van der Waals surface area contributed by atoms with Crippen molar-refractivity contribution in [3.8, 4) is 0 Å². The van der Waals surface area contributed by atoms with E-state index >= 15 is 0 Å². The van der Waals surface area contributed by atoms with Crippen molar-refractivity contribution in [2.45, 2.75) is 52.3 Å². The highest BCUT2D eigenvalue weighted by atomic mass is 127. The number of rotatable bonds is 10. The first-order valence-corrected chi connectivity index (χ1v) is 10.2. The SMILES string of the molecule is CN=C(NCc1c(C)nn(CCOC)c1C)N1CCC(OCCCOC)CC1.I. The number of aromatic nitrogens is 2. The summed E-state index contributed by atoms with van der Waals surface area (Å²) in [5.74, 6) is 0.946. The third-order valence-corrected chi connectivity index (χ3v) is 5.26. The van der Waals surface area contributed by atoms with Gasteiger partial charge in [0.15, 0.2) is 5.96 Å². The predicted octanol–water partition coefficient (Wildman–Crippen LogP) is 2.36. The number of halogens is 1. The van der Waals surface area contributed by atoms with Crippen molar-refractivity contribution in [2.75, 3.05) is 54.2 Å². The first-order chi connectivity index (χ1) is 13.6. The highest BCUT2D eigenvalue weighted by Gasteiger charge is 2.22. The summed E-state index contributed by atoms with van der Waals surface area (Å²) in [4.78, 5) is 6.80. The lowest BCUT2D eigenvalue weighted by Crippen LogP contribution is -2.46. The van der Waals surface area contributed by atoms with Gasteiger partial charge < -0.3 is 24.4 Å². The molecule has 2 rings (SSSR count). The van der Waals surface area contributed by atoms with E-state index in [1.54, 1.807) is 14.2 Å². The van der Waals surface area contributed by atoms with E-state index in [-0.39, 0.29) is 24.0 Å². The smallest absolute Gasteiger partial charge is 0.193 e. The second-order valence-corrected chi connectivity index (χ2v) is 7.17. The van der Waals surface area contributed by atoms with E-state index in [9.17, 15) is 0 Å². The van der Waals surface area contributed by atoms with Gasteiger partial charge in [0.25, 0.3) is 0 Å². The van der Waals surface area contributed by atoms with Gasteiger partial charge in [-0.15, -0.1) is 24.0 Å².